The molecular weight excluding hydrogens is 335 g/mol. The second kappa shape index (κ2) is 5.76. The van der Waals surface area contributed by atoms with Gasteiger partial charge in [-0.1, -0.05) is 15.9 Å². The number of hydrogen-bond donors (Lipinski definition) is 0. The first-order valence-electron chi connectivity index (χ1n) is 6.41. The van der Waals surface area contributed by atoms with E-state index in [1.54, 1.807) is 11.8 Å². The van der Waals surface area contributed by atoms with Gasteiger partial charge >= 0.3 is 6.18 Å². The summed E-state index contributed by atoms with van der Waals surface area (Å²) in [5.41, 5.74) is -0.434. The first-order chi connectivity index (χ1) is 9.29. The Labute approximate surface area is 124 Å². The van der Waals surface area contributed by atoms with Crippen LogP contribution in [-0.4, -0.2) is 18.9 Å². The van der Waals surface area contributed by atoms with Crippen molar-refractivity contribution in [3.05, 3.63) is 28.2 Å². The highest BCUT2D eigenvalue weighted by Crippen LogP contribution is 2.39. The molecule has 0 N–H and O–H groups in total. The number of carbonyl (C=O) groups excluding carboxylic acids is 1. The molecule has 2 rings (SSSR count). The Hall–Kier alpha value is -1.04. The fourth-order valence-corrected chi connectivity index (χ4v) is 2.88. The molecule has 0 unspecified atom stereocenters. The Morgan fingerprint density at radius 2 is 1.90 bits per heavy atom. The van der Waals surface area contributed by atoms with Crippen molar-refractivity contribution in [3.63, 3.8) is 0 Å². The summed E-state index contributed by atoms with van der Waals surface area (Å²) < 4.78 is 39.8. The first-order valence-corrected chi connectivity index (χ1v) is 7.20. The van der Waals surface area contributed by atoms with E-state index in [0.29, 0.717) is 30.4 Å². The zero-order chi connectivity index (χ0) is 14.9. The highest BCUT2D eigenvalue weighted by atomic mass is 79.9. The van der Waals surface area contributed by atoms with Gasteiger partial charge in [0.05, 0.1) is 11.3 Å². The standard InChI is InChI=1S/C14H15BrF3NO/c1-9(20)10-4-6-19(7-5-10)13-8-11(15)2-3-12(13)14(16,17)18/h2-3,8,10H,4-7H2,1H3. The molecule has 0 aliphatic carbocycles. The second-order valence-corrected chi connectivity index (χ2v) is 5.95. The number of hydrogen-bond acceptors (Lipinski definition) is 2. The van der Waals surface area contributed by atoms with Crippen molar-refractivity contribution < 1.29 is 18.0 Å². The normalized spacial score (nSPS) is 17.4. The van der Waals surface area contributed by atoms with Crippen LogP contribution in [0.15, 0.2) is 22.7 Å². The molecule has 1 fully saturated rings. The Kier molecular flexibility index (Phi) is 4.42. The number of benzene rings is 1. The van der Waals surface area contributed by atoms with E-state index in [1.165, 1.54) is 12.1 Å². The van der Waals surface area contributed by atoms with Gasteiger partial charge in [0.25, 0.3) is 0 Å². The molecule has 0 bridgehead atoms. The predicted molar refractivity (Wildman–Crippen MR) is 74.8 cm³/mol. The van der Waals surface area contributed by atoms with Crippen LogP contribution < -0.4 is 4.90 Å². The highest BCUT2D eigenvalue weighted by molar-refractivity contribution is 9.10. The molecule has 1 aliphatic rings. The molecule has 1 aliphatic heterocycles. The maximum Gasteiger partial charge on any atom is 0.418 e. The summed E-state index contributed by atoms with van der Waals surface area (Å²) in [5.74, 6) is 0.0997. The van der Waals surface area contributed by atoms with Gasteiger partial charge in [0.1, 0.15) is 5.78 Å². The molecule has 0 amide bonds. The van der Waals surface area contributed by atoms with Crippen molar-refractivity contribution in [3.8, 4) is 0 Å². The number of nitrogens with zero attached hydrogens (tertiary/aromatic N) is 1. The predicted octanol–water partition coefficient (Wildman–Crippen LogP) is 4.27. The van der Waals surface area contributed by atoms with Gasteiger partial charge in [-0.3, -0.25) is 4.79 Å². The molecule has 1 heterocycles. The molecular formula is C14H15BrF3NO. The maximum absolute atomic E-state index is 13.0. The molecule has 2 nitrogen and oxygen atoms in total. The van der Waals surface area contributed by atoms with Crippen LogP contribution in [0.4, 0.5) is 18.9 Å². The van der Waals surface area contributed by atoms with E-state index in [2.05, 4.69) is 15.9 Å². The van der Waals surface area contributed by atoms with Crippen molar-refractivity contribution in [2.24, 2.45) is 5.92 Å². The third kappa shape index (κ3) is 3.34. The highest BCUT2D eigenvalue weighted by Gasteiger charge is 2.35. The molecule has 0 aromatic heterocycles. The summed E-state index contributed by atoms with van der Waals surface area (Å²) in [6, 6.07) is 3.99. The minimum absolute atomic E-state index is 0.0206. The van der Waals surface area contributed by atoms with Gasteiger partial charge in [-0.2, -0.15) is 13.2 Å². The summed E-state index contributed by atoms with van der Waals surface area (Å²) in [7, 11) is 0. The lowest BCUT2D eigenvalue weighted by atomic mass is 9.92. The van der Waals surface area contributed by atoms with Crippen LogP contribution in [0.25, 0.3) is 0 Å². The Morgan fingerprint density at radius 3 is 2.40 bits per heavy atom. The Balaban J connectivity index is 2.25. The lowest BCUT2D eigenvalue weighted by Gasteiger charge is -2.34. The van der Waals surface area contributed by atoms with Crippen LogP contribution in [0.3, 0.4) is 0 Å². The van der Waals surface area contributed by atoms with Gasteiger partial charge in [0.2, 0.25) is 0 Å². The minimum Gasteiger partial charge on any atom is -0.371 e. The van der Waals surface area contributed by atoms with E-state index in [4.69, 9.17) is 0 Å². The summed E-state index contributed by atoms with van der Waals surface area (Å²) in [4.78, 5) is 13.0. The van der Waals surface area contributed by atoms with Crippen molar-refractivity contribution in [1.29, 1.82) is 0 Å². The van der Waals surface area contributed by atoms with Gasteiger partial charge in [0, 0.05) is 23.5 Å². The summed E-state index contributed by atoms with van der Waals surface area (Å²) >= 11 is 3.22. The van der Waals surface area contributed by atoms with Gasteiger partial charge in [-0.15, -0.1) is 0 Å². The van der Waals surface area contributed by atoms with Crippen molar-refractivity contribution in [1.82, 2.24) is 0 Å². The molecule has 1 aromatic carbocycles. The third-order valence-corrected chi connectivity index (χ3v) is 4.17. The topological polar surface area (TPSA) is 20.3 Å². The maximum atomic E-state index is 13.0. The van der Waals surface area contributed by atoms with Crippen molar-refractivity contribution in [2.45, 2.75) is 25.9 Å². The molecule has 1 saturated heterocycles. The van der Waals surface area contributed by atoms with E-state index in [1.807, 2.05) is 0 Å². The molecule has 0 atom stereocenters. The zero-order valence-corrected chi connectivity index (χ0v) is 12.6. The number of halogens is 4. The van der Waals surface area contributed by atoms with Gasteiger partial charge in [-0.05, 0) is 38.0 Å². The van der Waals surface area contributed by atoms with Crippen LogP contribution >= 0.6 is 15.9 Å². The quantitative estimate of drug-likeness (QED) is 0.794. The SMILES string of the molecule is CC(=O)C1CCN(c2cc(Br)ccc2C(F)(F)F)CC1. The molecule has 6 heteroatoms. The molecule has 0 radical (unpaired) electrons. The third-order valence-electron chi connectivity index (χ3n) is 3.68. The van der Waals surface area contributed by atoms with Gasteiger partial charge in [-0.25, -0.2) is 0 Å². The molecule has 110 valence electrons. The lowest BCUT2D eigenvalue weighted by molar-refractivity contribution is -0.137. The zero-order valence-electron chi connectivity index (χ0n) is 11.0. The molecule has 0 saturated carbocycles. The number of piperidine rings is 1. The first kappa shape index (κ1) is 15.4. The average Bonchev–Trinajstić information content (AvgIpc) is 2.37. The number of ketones is 1. The van der Waals surface area contributed by atoms with Crippen LogP contribution in [0, 0.1) is 5.92 Å². The average molecular weight is 350 g/mol. The van der Waals surface area contributed by atoms with Crippen molar-refractivity contribution >= 4 is 27.4 Å². The Bertz CT molecular complexity index is 508. The van der Waals surface area contributed by atoms with Crippen LogP contribution in [0.1, 0.15) is 25.3 Å². The van der Waals surface area contributed by atoms with Crippen LogP contribution in [0.5, 0.6) is 0 Å². The monoisotopic (exact) mass is 349 g/mol. The second-order valence-electron chi connectivity index (χ2n) is 5.03. The summed E-state index contributed by atoms with van der Waals surface area (Å²) in [6.45, 7) is 2.49. The smallest absolute Gasteiger partial charge is 0.371 e. The van der Waals surface area contributed by atoms with E-state index in [0.717, 1.165) is 6.07 Å². The fourth-order valence-electron chi connectivity index (χ4n) is 2.53. The number of carbonyl (C=O) groups is 1. The van der Waals surface area contributed by atoms with E-state index in [9.17, 15) is 18.0 Å². The van der Waals surface area contributed by atoms with E-state index < -0.39 is 11.7 Å². The van der Waals surface area contributed by atoms with E-state index >= 15 is 0 Å². The number of alkyl halides is 3. The molecule has 0 spiro atoms. The summed E-state index contributed by atoms with van der Waals surface area (Å²) in [6.07, 6.45) is -3.15. The number of Topliss-reactive ketones (excluding diaryl/α,β-unsaturated/α-hetero) is 1. The van der Waals surface area contributed by atoms with Crippen LogP contribution in [-0.2, 0) is 11.0 Å². The molecule has 1 aromatic rings. The van der Waals surface area contributed by atoms with Gasteiger partial charge < -0.3 is 4.90 Å². The van der Waals surface area contributed by atoms with Crippen LogP contribution in [0.2, 0.25) is 0 Å². The minimum atomic E-state index is -4.37. The van der Waals surface area contributed by atoms with E-state index in [-0.39, 0.29) is 17.4 Å². The number of rotatable bonds is 2. The molecule has 20 heavy (non-hydrogen) atoms. The van der Waals surface area contributed by atoms with Gasteiger partial charge in [0.15, 0.2) is 0 Å². The largest absolute Gasteiger partial charge is 0.418 e. The number of anilines is 1. The van der Waals surface area contributed by atoms with Crippen molar-refractivity contribution in [2.75, 3.05) is 18.0 Å². The fraction of sp³-hybridized carbons (Fsp3) is 0.500. The Morgan fingerprint density at radius 1 is 1.30 bits per heavy atom. The lowest BCUT2D eigenvalue weighted by Crippen LogP contribution is -2.36. The summed E-state index contributed by atoms with van der Waals surface area (Å²) in [5, 5.41) is 0.